The number of amides is 1. The molecule has 0 aliphatic carbocycles. The number of aliphatic hydroxyl groups is 1. The summed E-state index contributed by atoms with van der Waals surface area (Å²) in [4.78, 5) is 16.4. The lowest BCUT2D eigenvalue weighted by atomic mass is 10.1. The Morgan fingerprint density at radius 1 is 1.27 bits per heavy atom. The molecule has 1 unspecified atom stereocenters. The minimum absolute atomic E-state index is 0.131. The summed E-state index contributed by atoms with van der Waals surface area (Å²) >= 11 is 0. The van der Waals surface area contributed by atoms with E-state index in [4.69, 9.17) is 9.47 Å². The smallest absolute Gasteiger partial charge is 0.224 e. The number of anilines is 1. The van der Waals surface area contributed by atoms with Crippen LogP contribution in [0.5, 0.6) is 5.75 Å². The molecule has 1 heterocycles. The van der Waals surface area contributed by atoms with E-state index in [0.29, 0.717) is 32.6 Å². The summed E-state index contributed by atoms with van der Waals surface area (Å²) in [6.07, 6.45) is -0.187. The number of methoxy groups -OCH3 is 1. The van der Waals surface area contributed by atoms with Crippen LogP contribution in [0, 0.1) is 0 Å². The first-order valence-electron chi connectivity index (χ1n) is 9.25. The molecule has 1 atom stereocenters. The average molecular weight is 364 g/mol. The second kappa shape index (κ2) is 8.73. The molecule has 2 rings (SSSR count). The van der Waals surface area contributed by atoms with Gasteiger partial charge in [-0.1, -0.05) is 0 Å². The van der Waals surface area contributed by atoms with E-state index in [-0.39, 0.29) is 18.1 Å². The van der Waals surface area contributed by atoms with Gasteiger partial charge in [0, 0.05) is 38.3 Å². The molecule has 1 N–H and O–H groups in total. The summed E-state index contributed by atoms with van der Waals surface area (Å²) in [7, 11) is 1.64. The number of nitrogens with zero attached hydrogens (tertiary/aromatic N) is 2. The number of carbonyl (C=O) groups is 1. The van der Waals surface area contributed by atoms with Crippen LogP contribution in [0.4, 0.5) is 5.69 Å². The third-order valence-electron chi connectivity index (χ3n) is 4.46. The third-order valence-corrected chi connectivity index (χ3v) is 4.46. The first-order valence-corrected chi connectivity index (χ1v) is 9.25. The van der Waals surface area contributed by atoms with Crippen LogP contribution in [-0.4, -0.2) is 61.0 Å². The van der Waals surface area contributed by atoms with Crippen molar-refractivity contribution in [2.45, 2.75) is 52.4 Å². The molecule has 0 fully saturated rings. The Balaban J connectivity index is 2.22. The number of β-amino-alcohol motifs (C(OH)–C–C–N with tert-alkyl or cyclic N) is 1. The minimum atomic E-state index is -0.624. The Labute approximate surface area is 156 Å². The zero-order valence-corrected chi connectivity index (χ0v) is 16.6. The zero-order chi connectivity index (χ0) is 19.3. The summed E-state index contributed by atoms with van der Waals surface area (Å²) in [5.41, 5.74) is 1.77. The third kappa shape index (κ3) is 5.61. The highest BCUT2D eigenvalue weighted by atomic mass is 16.5. The Bertz CT molecular complexity index is 612. The van der Waals surface area contributed by atoms with Crippen LogP contribution in [0.1, 0.15) is 39.7 Å². The Kier molecular flexibility index (Phi) is 6.89. The molecule has 1 amide bonds. The van der Waals surface area contributed by atoms with Crippen LogP contribution in [0.15, 0.2) is 18.2 Å². The maximum absolute atomic E-state index is 12.4. The molecule has 0 radical (unpaired) electrons. The molecular formula is C20H32N2O4. The molecule has 26 heavy (non-hydrogen) atoms. The summed E-state index contributed by atoms with van der Waals surface area (Å²) in [5.74, 6) is 0.899. The lowest BCUT2D eigenvalue weighted by molar-refractivity contribution is -0.131. The molecular weight excluding hydrogens is 332 g/mol. The van der Waals surface area contributed by atoms with Crippen LogP contribution >= 0.6 is 0 Å². The van der Waals surface area contributed by atoms with Gasteiger partial charge in [0.25, 0.3) is 0 Å². The van der Waals surface area contributed by atoms with E-state index >= 15 is 0 Å². The summed E-state index contributed by atoms with van der Waals surface area (Å²) < 4.78 is 11.0. The number of ether oxygens (including phenoxy) is 2. The molecule has 1 aliphatic heterocycles. The van der Waals surface area contributed by atoms with Gasteiger partial charge in [0.05, 0.1) is 25.4 Å². The minimum Gasteiger partial charge on any atom is -0.497 e. The first-order chi connectivity index (χ1) is 12.2. The molecule has 0 spiro atoms. The number of carbonyl (C=O) groups excluding carboxylic acids is 1. The summed E-state index contributed by atoms with van der Waals surface area (Å²) in [6, 6.07) is 5.90. The van der Waals surface area contributed by atoms with E-state index in [1.54, 1.807) is 7.11 Å². The zero-order valence-electron chi connectivity index (χ0n) is 16.6. The Morgan fingerprint density at radius 3 is 2.62 bits per heavy atom. The van der Waals surface area contributed by atoms with Crippen LogP contribution < -0.4 is 9.64 Å². The van der Waals surface area contributed by atoms with Crippen LogP contribution in [0.3, 0.4) is 0 Å². The lowest BCUT2D eigenvalue weighted by Crippen LogP contribution is -2.42. The van der Waals surface area contributed by atoms with E-state index in [0.717, 1.165) is 17.0 Å². The van der Waals surface area contributed by atoms with Gasteiger partial charge < -0.3 is 24.4 Å². The van der Waals surface area contributed by atoms with Gasteiger partial charge in [-0.25, -0.2) is 0 Å². The second-order valence-corrected chi connectivity index (χ2v) is 7.68. The topological polar surface area (TPSA) is 62.2 Å². The standard InChI is InChI=1S/C20H32N2O4/c1-6-21-12-15-11-17(25-5)7-8-18(15)22(10-9-19(21)24)13-16(23)14-26-20(2,3)4/h7-8,11,16,23H,6,9-10,12-14H2,1-5H3. The monoisotopic (exact) mass is 364 g/mol. The van der Waals surface area contributed by atoms with Crippen LogP contribution in [0.2, 0.25) is 0 Å². The molecule has 0 saturated carbocycles. The van der Waals surface area contributed by atoms with Gasteiger partial charge in [0.1, 0.15) is 5.75 Å². The van der Waals surface area contributed by atoms with Gasteiger partial charge in [-0.2, -0.15) is 0 Å². The van der Waals surface area contributed by atoms with Crippen molar-refractivity contribution in [3.05, 3.63) is 23.8 Å². The highest BCUT2D eigenvalue weighted by Gasteiger charge is 2.24. The van der Waals surface area contributed by atoms with Crippen molar-refractivity contribution in [3.63, 3.8) is 0 Å². The Hall–Kier alpha value is -1.79. The van der Waals surface area contributed by atoms with Gasteiger partial charge in [-0.3, -0.25) is 4.79 Å². The van der Waals surface area contributed by atoms with Crippen LogP contribution in [-0.2, 0) is 16.1 Å². The molecule has 1 aromatic rings. The van der Waals surface area contributed by atoms with Gasteiger partial charge in [-0.05, 0) is 51.5 Å². The van der Waals surface area contributed by atoms with E-state index in [2.05, 4.69) is 4.90 Å². The average Bonchev–Trinajstić information content (AvgIpc) is 2.59. The lowest BCUT2D eigenvalue weighted by Gasteiger charge is -2.34. The predicted molar refractivity (Wildman–Crippen MR) is 103 cm³/mol. The van der Waals surface area contributed by atoms with Gasteiger partial charge in [0.15, 0.2) is 0 Å². The predicted octanol–water partition coefficient (Wildman–Crippen LogP) is 2.43. The maximum atomic E-state index is 12.4. The van der Waals surface area contributed by atoms with Gasteiger partial charge in [-0.15, -0.1) is 0 Å². The molecule has 1 aliphatic rings. The van der Waals surface area contributed by atoms with Crippen molar-refractivity contribution >= 4 is 11.6 Å². The van der Waals surface area contributed by atoms with Crippen molar-refractivity contribution in [2.75, 3.05) is 38.3 Å². The number of hydrogen-bond acceptors (Lipinski definition) is 5. The largest absolute Gasteiger partial charge is 0.497 e. The van der Waals surface area contributed by atoms with E-state index in [9.17, 15) is 9.90 Å². The van der Waals surface area contributed by atoms with Crippen molar-refractivity contribution in [1.82, 2.24) is 4.90 Å². The van der Waals surface area contributed by atoms with E-state index in [1.165, 1.54) is 0 Å². The van der Waals surface area contributed by atoms with Crippen LogP contribution in [0.25, 0.3) is 0 Å². The normalized spacial score (nSPS) is 16.8. The highest BCUT2D eigenvalue weighted by Crippen LogP contribution is 2.29. The van der Waals surface area contributed by atoms with Crippen molar-refractivity contribution in [1.29, 1.82) is 0 Å². The fourth-order valence-electron chi connectivity index (χ4n) is 3.06. The highest BCUT2D eigenvalue weighted by molar-refractivity contribution is 5.78. The number of hydrogen-bond donors (Lipinski definition) is 1. The van der Waals surface area contributed by atoms with Gasteiger partial charge >= 0.3 is 0 Å². The molecule has 146 valence electrons. The van der Waals surface area contributed by atoms with Crippen molar-refractivity contribution in [2.24, 2.45) is 0 Å². The van der Waals surface area contributed by atoms with E-state index in [1.807, 2.05) is 50.8 Å². The molecule has 6 heteroatoms. The number of fused-ring (bicyclic) bond motifs is 1. The molecule has 0 aromatic heterocycles. The SMILES string of the molecule is CCN1Cc2cc(OC)ccc2N(CC(O)COC(C)(C)C)CCC1=O. The Morgan fingerprint density at radius 2 is 2.00 bits per heavy atom. The molecule has 0 saturated heterocycles. The summed E-state index contributed by atoms with van der Waals surface area (Å²) in [5, 5.41) is 10.4. The molecule has 0 bridgehead atoms. The number of aliphatic hydroxyl groups excluding tert-OH is 1. The van der Waals surface area contributed by atoms with Crippen molar-refractivity contribution < 1.29 is 19.4 Å². The quantitative estimate of drug-likeness (QED) is 0.840. The fourth-order valence-corrected chi connectivity index (χ4v) is 3.06. The number of rotatable bonds is 6. The maximum Gasteiger partial charge on any atom is 0.224 e. The van der Waals surface area contributed by atoms with Gasteiger partial charge in [0.2, 0.25) is 5.91 Å². The fraction of sp³-hybridized carbons (Fsp3) is 0.650. The first kappa shape index (κ1) is 20.5. The van der Waals surface area contributed by atoms with Crippen molar-refractivity contribution in [3.8, 4) is 5.75 Å². The summed E-state index contributed by atoms with van der Waals surface area (Å²) in [6.45, 7) is 10.4. The molecule has 1 aromatic carbocycles. The second-order valence-electron chi connectivity index (χ2n) is 7.68. The molecule has 6 nitrogen and oxygen atoms in total. The van der Waals surface area contributed by atoms with E-state index < -0.39 is 6.10 Å². The number of benzene rings is 1.